The zero-order valence-electron chi connectivity index (χ0n) is 14.1. The second-order valence-corrected chi connectivity index (χ2v) is 5.91. The Hall–Kier alpha value is -2.63. The molecule has 0 fully saturated rings. The fourth-order valence-corrected chi connectivity index (χ4v) is 2.48. The van der Waals surface area contributed by atoms with Gasteiger partial charge >= 0.3 is 0 Å². The van der Waals surface area contributed by atoms with Crippen LogP contribution in [-0.4, -0.2) is 24.5 Å². The fourth-order valence-electron chi connectivity index (χ4n) is 2.48. The third-order valence-corrected chi connectivity index (χ3v) is 4.03. The quantitative estimate of drug-likeness (QED) is 0.727. The van der Waals surface area contributed by atoms with Crippen LogP contribution in [0.15, 0.2) is 36.9 Å². The highest BCUT2D eigenvalue weighted by Crippen LogP contribution is 2.15. The van der Waals surface area contributed by atoms with Gasteiger partial charge in [0.25, 0.3) is 0 Å². The van der Waals surface area contributed by atoms with E-state index < -0.39 is 0 Å². The van der Waals surface area contributed by atoms with Crippen molar-refractivity contribution in [2.24, 2.45) is 0 Å². The molecule has 0 N–H and O–H groups in total. The molecule has 3 aromatic heterocycles. The normalized spacial score (nSPS) is 11.0. The van der Waals surface area contributed by atoms with Crippen LogP contribution in [0.3, 0.4) is 0 Å². The van der Waals surface area contributed by atoms with E-state index in [1.165, 1.54) is 11.1 Å². The molecule has 0 radical (unpaired) electrons. The first kappa shape index (κ1) is 15.3. The molecule has 0 aliphatic heterocycles. The molecule has 3 aromatic rings. The number of anilines is 1. The van der Waals surface area contributed by atoms with E-state index in [4.69, 9.17) is 0 Å². The lowest BCUT2D eigenvalue weighted by Crippen LogP contribution is -2.29. The molecule has 120 valence electrons. The Bertz CT molecular complexity index is 700. The van der Waals surface area contributed by atoms with Crippen LogP contribution in [0.2, 0.25) is 0 Å². The lowest BCUT2D eigenvalue weighted by molar-refractivity contribution is 0.495. The van der Waals surface area contributed by atoms with Crippen molar-refractivity contribution in [2.45, 2.75) is 41.0 Å². The van der Waals surface area contributed by atoms with Crippen molar-refractivity contribution in [1.82, 2.24) is 24.5 Å². The van der Waals surface area contributed by atoms with Gasteiger partial charge in [-0.1, -0.05) is 0 Å². The van der Waals surface area contributed by atoms with E-state index in [2.05, 4.69) is 52.4 Å². The third-order valence-electron chi connectivity index (χ3n) is 4.03. The number of hydrogen-bond acceptors (Lipinski definition) is 4. The first-order chi connectivity index (χ1) is 11.0. The Labute approximate surface area is 136 Å². The zero-order valence-corrected chi connectivity index (χ0v) is 14.1. The number of aromatic nitrogens is 5. The maximum atomic E-state index is 4.56. The van der Waals surface area contributed by atoms with Gasteiger partial charge in [0.15, 0.2) is 0 Å². The summed E-state index contributed by atoms with van der Waals surface area (Å²) >= 11 is 0. The molecular formula is C17H22N6. The van der Waals surface area contributed by atoms with Crippen LogP contribution >= 0.6 is 0 Å². The summed E-state index contributed by atoms with van der Waals surface area (Å²) in [7, 11) is 0. The molecule has 0 spiro atoms. The molecular weight excluding hydrogens is 288 g/mol. The SMILES string of the molecule is Cc1cn(CN(Cn2cc(C)c(C)n2)c2cccnc2)nc1C. The molecule has 0 saturated heterocycles. The van der Waals surface area contributed by atoms with Gasteiger partial charge in [0.05, 0.1) is 23.3 Å². The van der Waals surface area contributed by atoms with Crippen molar-refractivity contribution in [1.29, 1.82) is 0 Å². The molecule has 0 atom stereocenters. The van der Waals surface area contributed by atoms with Crippen LogP contribution in [0.25, 0.3) is 0 Å². The van der Waals surface area contributed by atoms with E-state index in [1.807, 2.05) is 35.5 Å². The molecule has 0 bridgehead atoms. The molecule has 3 rings (SSSR count). The smallest absolute Gasteiger partial charge is 0.113 e. The van der Waals surface area contributed by atoms with Gasteiger partial charge in [0.2, 0.25) is 0 Å². The number of hydrogen-bond donors (Lipinski definition) is 0. The number of aryl methyl sites for hydroxylation is 4. The van der Waals surface area contributed by atoms with Gasteiger partial charge in [-0.25, -0.2) is 0 Å². The van der Waals surface area contributed by atoms with Crippen LogP contribution in [0.4, 0.5) is 5.69 Å². The maximum Gasteiger partial charge on any atom is 0.113 e. The molecule has 0 saturated carbocycles. The van der Waals surface area contributed by atoms with Gasteiger partial charge in [0.1, 0.15) is 13.3 Å². The van der Waals surface area contributed by atoms with Crippen molar-refractivity contribution < 1.29 is 0 Å². The maximum absolute atomic E-state index is 4.56. The standard InChI is InChI=1S/C17H22N6/c1-13-9-22(19-15(13)3)11-21(17-6-5-7-18-8-17)12-23-10-14(2)16(4)20-23/h5-10H,11-12H2,1-4H3. The molecule has 0 amide bonds. The Morgan fingerprint density at radius 2 is 1.48 bits per heavy atom. The highest BCUT2D eigenvalue weighted by molar-refractivity contribution is 5.42. The molecule has 0 aromatic carbocycles. The first-order valence-electron chi connectivity index (χ1n) is 7.69. The zero-order chi connectivity index (χ0) is 16.4. The summed E-state index contributed by atoms with van der Waals surface area (Å²) in [5, 5.41) is 9.13. The van der Waals surface area contributed by atoms with Gasteiger partial charge in [-0.2, -0.15) is 10.2 Å². The molecule has 6 nitrogen and oxygen atoms in total. The average molecular weight is 310 g/mol. The van der Waals surface area contributed by atoms with Crippen LogP contribution < -0.4 is 4.90 Å². The molecule has 0 aliphatic carbocycles. The lowest BCUT2D eigenvalue weighted by Gasteiger charge is -2.24. The Morgan fingerprint density at radius 1 is 0.913 bits per heavy atom. The average Bonchev–Trinajstić information content (AvgIpc) is 3.01. The van der Waals surface area contributed by atoms with Crippen molar-refractivity contribution in [3.8, 4) is 0 Å². The summed E-state index contributed by atoms with van der Waals surface area (Å²) in [5.74, 6) is 0. The number of pyridine rings is 1. The second-order valence-electron chi connectivity index (χ2n) is 5.91. The molecule has 0 aliphatic rings. The van der Waals surface area contributed by atoms with Crippen LogP contribution in [-0.2, 0) is 13.3 Å². The Kier molecular flexibility index (Phi) is 4.14. The van der Waals surface area contributed by atoms with Gasteiger partial charge < -0.3 is 4.90 Å². The van der Waals surface area contributed by atoms with Gasteiger partial charge in [-0.3, -0.25) is 14.3 Å². The third kappa shape index (κ3) is 3.41. The Balaban J connectivity index is 1.87. The topological polar surface area (TPSA) is 51.8 Å². The second kappa shape index (κ2) is 6.24. The summed E-state index contributed by atoms with van der Waals surface area (Å²) in [6, 6.07) is 4.00. The monoisotopic (exact) mass is 310 g/mol. The summed E-state index contributed by atoms with van der Waals surface area (Å²) in [5.41, 5.74) is 5.55. The summed E-state index contributed by atoms with van der Waals surface area (Å²) in [6.07, 6.45) is 7.79. The summed E-state index contributed by atoms with van der Waals surface area (Å²) in [4.78, 5) is 6.43. The highest BCUT2D eigenvalue weighted by Gasteiger charge is 2.11. The molecule has 6 heteroatoms. The van der Waals surface area contributed by atoms with Gasteiger partial charge in [-0.15, -0.1) is 0 Å². The minimum atomic E-state index is 0.651. The van der Waals surface area contributed by atoms with E-state index in [0.717, 1.165) is 17.1 Å². The van der Waals surface area contributed by atoms with Crippen molar-refractivity contribution >= 4 is 5.69 Å². The lowest BCUT2D eigenvalue weighted by atomic mass is 10.3. The minimum Gasteiger partial charge on any atom is -0.331 e. The van der Waals surface area contributed by atoms with Crippen LogP contribution in [0.1, 0.15) is 22.5 Å². The van der Waals surface area contributed by atoms with Gasteiger partial charge in [0, 0.05) is 18.6 Å². The summed E-state index contributed by atoms with van der Waals surface area (Å²) < 4.78 is 3.92. The molecule has 3 heterocycles. The van der Waals surface area contributed by atoms with E-state index >= 15 is 0 Å². The van der Waals surface area contributed by atoms with Crippen molar-refractivity contribution in [2.75, 3.05) is 4.90 Å². The minimum absolute atomic E-state index is 0.651. The van der Waals surface area contributed by atoms with Crippen LogP contribution in [0, 0.1) is 27.7 Å². The predicted octanol–water partition coefficient (Wildman–Crippen LogP) is 2.83. The molecule has 0 unspecified atom stereocenters. The van der Waals surface area contributed by atoms with Crippen molar-refractivity contribution in [3.05, 3.63) is 59.4 Å². The van der Waals surface area contributed by atoms with Crippen LogP contribution in [0.5, 0.6) is 0 Å². The number of nitrogens with zero attached hydrogens (tertiary/aromatic N) is 6. The Morgan fingerprint density at radius 3 is 1.87 bits per heavy atom. The van der Waals surface area contributed by atoms with E-state index in [0.29, 0.717) is 13.3 Å². The summed E-state index contributed by atoms with van der Waals surface area (Å²) in [6.45, 7) is 9.51. The van der Waals surface area contributed by atoms with Gasteiger partial charge in [-0.05, 0) is 51.0 Å². The van der Waals surface area contributed by atoms with E-state index in [1.54, 1.807) is 6.20 Å². The first-order valence-corrected chi connectivity index (χ1v) is 7.69. The molecule has 23 heavy (non-hydrogen) atoms. The predicted molar refractivity (Wildman–Crippen MR) is 90.1 cm³/mol. The van der Waals surface area contributed by atoms with E-state index in [-0.39, 0.29) is 0 Å². The highest BCUT2D eigenvalue weighted by atomic mass is 15.4. The number of rotatable bonds is 5. The van der Waals surface area contributed by atoms with Crippen molar-refractivity contribution in [3.63, 3.8) is 0 Å². The largest absolute Gasteiger partial charge is 0.331 e. The van der Waals surface area contributed by atoms with E-state index in [9.17, 15) is 0 Å². The fraction of sp³-hybridized carbons (Fsp3) is 0.353.